The topological polar surface area (TPSA) is 86.5 Å². The second-order valence-corrected chi connectivity index (χ2v) is 7.21. The highest BCUT2D eigenvalue weighted by molar-refractivity contribution is 7.87. The molecular weight excluding hydrogens is 290 g/mol. The van der Waals surface area contributed by atoms with E-state index < -0.39 is 16.1 Å². The molecule has 0 radical (unpaired) electrons. The second-order valence-electron chi connectivity index (χ2n) is 5.66. The van der Waals surface area contributed by atoms with Crippen LogP contribution in [0.5, 0.6) is 0 Å². The fourth-order valence-corrected chi connectivity index (χ4v) is 3.74. The average Bonchev–Trinajstić information content (AvgIpc) is 2.48. The summed E-state index contributed by atoms with van der Waals surface area (Å²) >= 11 is 0. The second kappa shape index (κ2) is 6.58. The first-order chi connectivity index (χ1) is 9.97. The van der Waals surface area contributed by atoms with Gasteiger partial charge in [0.15, 0.2) is 0 Å². The summed E-state index contributed by atoms with van der Waals surface area (Å²) < 4.78 is 28.7. The molecule has 0 aliphatic heterocycles. The Morgan fingerprint density at radius 3 is 2.33 bits per heavy atom. The quantitative estimate of drug-likeness (QED) is 0.843. The zero-order valence-electron chi connectivity index (χ0n) is 12.0. The molecule has 0 bridgehead atoms. The Balaban J connectivity index is 2.04. The van der Waals surface area contributed by atoms with Crippen LogP contribution >= 0.6 is 0 Å². The van der Waals surface area contributed by atoms with Crippen LogP contribution in [0, 0.1) is 5.41 Å². The molecule has 0 spiro atoms. The molecule has 6 heteroatoms. The summed E-state index contributed by atoms with van der Waals surface area (Å²) in [4.78, 5) is 12.0. The maximum Gasteiger partial charge on any atom is 0.341 e. The van der Waals surface area contributed by atoms with Crippen LogP contribution in [0.15, 0.2) is 35.2 Å². The maximum atomic E-state index is 12.0. The fraction of sp³-hybridized carbons (Fsp3) is 0.533. The molecule has 1 aromatic carbocycles. The molecule has 2 N–H and O–H groups in total. The van der Waals surface area contributed by atoms with Crippen molar-refractivity contribution in [2.24, 2.45) is 11.1 Å². The molecule has 0 atom stereocenters. The number of hydrogen-bond acceptors (Lipinski definition) is 5. The third-order valence-corrected chi connectivity index (χ3v) is 5.36. The van der Waals surface area contributed by atoms with Gasteiger partial charge in [0.05, 0.1) is 6.42 Å². The van der Waals surface area contributed by atoms with Gasteiger partial charge in [0, 0.05) is 0 Å². The van der Waals surface area contributed by atoms with E-state index in [4.69, 9.17) is 9.92 Å². The monoisotopic (exact) mass is 311 g/mol. The zero-order valence-corrected chi connectivity index (χ0v) is 12.8. The summed E-state index contributed by atoms with van der Waals surface area (Å²) in [5.74, 6) is -0.716. The van der Waals surface area contributed by atoms with E-state index in [2.05, 4.69) is 0 Å². The van der Waals surface area contributed by atoms with Gasteiger partial charge in [-0.15, -0.1) is 0 Å². The van der Waals surface area contributed by atoms with Crippen molar-refractivity contribution < 1.29 is 17.4 Å². The fourth-order valence-electron chi connectivity index (χ4n) is 2.85. The minimum atomic E-state index is -4.04. The van der Waals surface area contributed by atoms with Crippen LogP contribution in [0.4, 0.5) is 0 Å². The van der Waals surface area contributed by atoms with Crippen LogP contribution in [-0.2, 0) is 19.1 Å². The SMILES string of the molecule is NCC1(CC(=O)OS(=O)(=O)c2ccccc2)CCCCC1. The van der Waals surface area contributed by atoms with Crippen molar-refractivity contribution in [2.75, 3.05) is 6.54 Å². The Morgan fingerprint density at radius 2 is 1.76 bits per heavy atom. The molecule has 1 saturated carbocycles. The van der Waals surface area contributed by atoms with E-state index in [1.54, 1.807) is 18.2 Å². The highest BCUT2D eigenvalue weighted by Gasteiger charge is 2.35. The molecular formula is C15H21NO4S. The lowest BCUT2D eigenvalue weighted by Gasteiger charge is -2.35. The van der Waals surface area contributed by atoms with Gasteiger partial charge in [-0.25, -0.2) is 0 Å². The molecule has 0 amide bonds. The summed E-state index contributed by atoms with van der Waals surface area (Å²) in [5, 5.41) is 0. The van der Waals surface area contributed by atoms with Gasteiger partial charge in [0.25, 0.3) is 0 Å². The van der Waals surface area contributed by atoms with Gasteiger partial charge >= 0.3 is 16.1 Å². The Morgan fingerprint density at radius 1 is 1.14 bits per heavy atom. The minimum absolute atomic E-state index is 0.0104. The van der Waals surface area contributed by atoms with E-state index in [0.717, 1.165) is 32.1 Å². The molecule has 2 rings (SSSR count). The number of benzene rings is 1. The molecule has 21 heavy (non-hydrogen) atoms. The third kappa shape index (κ3) is 4.04. The lowest BCUT2D eigenvalue weighted by Crippen LogP contribution is -2.36. The molecule has 1 aliphatic rings. The minimum Gasteiger partial charge on any atom is -0.342 e. The first-order valence-electron chi connectivity index (χ1n) is 7.20. The summed E-state index contributed by atoms with van der Waals surface area (Å²) in [6.07, 6.45) is 4.95. The number of carbonyl (C=O) groups is 1. The van der Waals surface area contributed by atoms with E-state index in [-0.39, 0.29) is 16.7 Å². The zero-order chi connectivity index (χ0) is 15.3. The van der Waals surface area contributed by atoms with Crippen LogP contribution in [0.1, 0.15) is 38.5 Å². The van der Waals surface area contributed by atoms with E-state index in [1.165, 1.54) is 12.1 Å². The van der Waals surface area contributed by atoms with Gasteiger partial charge in [0.1, 0.15) is 4.90 Å². The van der Waals surface area contributed by atoms with Crippen molar-refractivity contribution in [1.82, 2.24) is 0 Å². The van der Waals surface area contributed by atoms with Crippen molar-refractivity contribution in [3.63, 3.8) is 0 Å². The summed E-state index contributed by atoms with van der Waals surface area (Å²) in [5.41, 5.74) is 5.50. The van der Waals surface area contributed by atoms with E-state index in [0.29, 0.717) is 6.54 Å². The van der Waals surface area contributed by atoms with Gasteiger partial charge in [-0.2, -0.15) is 8.42 Å². The summed E-state index contributed by atoms with van der Waals surface area (Å²) in [6, 6.07) is 7.68. The summed E-state index contributed by atoms with van der Waals surface area (Å²) in [6.45, 7) is 0.382. The van der Waals surface area contributed by atoms with E-state index >= 15 is 0 Å². The third-order valence-electron chi connectivity index (χ3n) is 4.10. The smallest absolute Gasteiger partial charge is 0.341 e. The molecule has 116 valence electrons. The summed E-state index contributed by atoms with van der Waals surface area (Å²) in [7, 11) is -4.04. The lowest BCUT2D eigenvalue weighted by atomic mass is 9.72. The molecule has 0 unspecified atom stereocenters. The number of nitrogens with two attached hydrogens (primary N) is 1. The van der Waals surface area contributed by atoms with Gasteiger partial charge in [-0.3, -0.25) is 4.79 Å². The lowest BCUT2D eigenvalue weighted by molar-refractivity contribution is -0.136. The highest BCUT2D eigenvalue weighted by Crippen LogP contribution is 2.38. The highest BCUT2D eigenvalue weighted by atomic mass is 32.2. The van der Waals surface area contributed by atoms with E-state index in [1.807, 2.05) is 0 Å². The van der Waals surface area contributed by atoms with Crippen molar-refractivity contribution in [2.45, 2.75) is 43.4 Å². The average molecular weight is 311 g/mol. The molecule has 5 nitrogen and oxygen atoms in total. The largest absolute Gasteiger partial charge is 0.342 e. The first kappa shape index (κ1) is 16.0. The van der Waals surface area contributed by atoms with Crippen LogP contribution in [0.3, 0.4) is 0 Å². The standard InChI is InChI=1S/C15H21NO4S/c16-12-15(9-5-2-6-10-15)11-14(17)20-21(18,19)13-7-3-1-4-8-13/h1,3-4,7-8H,2,5-6,9-12,16H2. The molecule has 0 saturated heterocycles. The Bertz CT molecular complexity index is 577. The molecule has 1 fully saturated rings. The van der Waals surface area contributed by atoms with Crippen molar-refractivity contribution >= 4 is 16.1 Å². The number of rotatable bonds is 5. The molecule has 0 aromatic heterocycles. The van der Waals surface area contributed by atoms with Crippen LogP contribution in [0.25, 0.3) is 0 Å². The van der Waals surface area contributed by atoms with Crippen LogP contribution in [0.2, 0.25) is 0 Å². The Labute approximate surface area is 125 Å². The first-order valence-corrected chi connectivity index (χ1v) is 8.61. The predicted octanol–water partition coefficient (Wildman–Crippen LogP) is 2.22. The molecule has 1 aliphatic carbocycles. The van der Waals surface area contributed by atoms with Gasteiger partial charge < -0.3 is 9.92 Å². The van der Waals surface area contributed by atoms with Crippen LogP contribution in [-0.4, -0.2) is 20.9 Å². The Kier molecular flexibility index (Phi) is 5.00. The van der Waals surface area contributed by atoms with Gasteiger partial charge in [-0.1, -0.05) is 37.5 Å². The number of hydrogen-bond donors (Lipinski definition) is 1. The van der Waals surface area contributed by atoms with Gasteiger partial charge in [-0.05, 0) is 36.9 Å². The van der Waals surface area contributed by atoms with Crippen molar-refractivity contribution in [3.8, 4) is 0 Å². The van der Waals surface area contributed by atoms with Crippen LogP contribution < -0.4 is 5.73 Å². The maximum absolute atomic E-state index is 12.0. The molecule has 1 aromatic rings. The Hall–Kier alpha value is -1.40. The number of carbonyl (C=O) groups excluding carboxylic acids is 1. The van der Waals surface area contributed by atoms with Gasteiger partial charge in [0.2, 0.25) is 0 Å². The predicted molar refractivity (Wildman–Crippen MR) is 78.9 cm³/mol. The van der Waals surface area contributed by atoms with Crippen molar-refractivity contribution in [1.29, 1.82) is 0 Å². The van der Waals surface area contributed by atoms with Crippen molar-refractivity contribution in [3.05, 3.63) is 30.3 Å². The van der Waals surface area contributed by atoms with E-state index in [9.17, 15) is 13.2 Å². The molecule has 0 heterocycles. The normalized spacial score (nSPS) is 18.1.